The van der Waals surface area contributed by atoms with Crippen molar-refractivity contribution in [3.63, 3.8) is 0 Å². The normalized spacial score (nSPS) is 11.7. The Morgan fingerprint density at radius 1 is 1.16 bits per heavy atom. The second kappa shape index (κ2) is 8.34. The zero-order chi connectivity index (χ0) is 23.0. The van der Waals surface area contributed by atoms with Crippen molar-refractivity contribution in [2.75, 3.05) is 5.32 Å². The number of fused-ring (bicyclic) bond motifs is 1. The molecule has 0 bridgehead atoms. The molecule has 1 aromatic carbocycles. The third-order valence-electron chi connectivity index (χ3n) is 4.96. The Hall–Kier alpha value is -3.27. The molecule has 10 heteroatoms. The van der Waals surface area contributed by atoms with E-state index in [9.17, 15) is 18.0 Å². The number of carbonyl (C=O) groups is 1. The fourth-order valence-electron chi connectivity index (χ4n) is 3.39. The molecular formula is C22H17BrF3N5O. The monoisotopic (exact) mass is 503 g/mol. The smallest absolute Gasteiger partial charge is 0.319 e. The van der Waals surface area contributed by atoms with Crippen LogP contribution in [-0.4, -0.2) is 25.7 Å². The highest BCUT2D eigenvalue weighted by Gasteiger charge is 2.34. The average Bonchev–Trinajstić information content (AvgIpc) is 3.00. The summed E-state index contributed by atoms with van der Waals surface area (Å²) in [4.78, 5) is 21.1. The van der Waals surface area contributed by atoms with Crippen molar-refractivity contribution in [2.45, 2.75) is 26.6 Å². The summed E-state index contributed by atoms with van der Waals surface area (Å²) in [6, 6.07) is 10.9. The van der Waals surface area contributed by atoms with Crippen molar-refractivity contribution in [2.24, 2.45) is 0 Å². The number of rotatable bonds is 4. The van der Waals surface area contributed by atoms with Crippen molar-refractivity contribution < 1.29 is 18.0 Å². The lowest BCUT2D eigenvalue weighted by Crippen LogP contribution is -2.17. The summed E-state index contributed by atoms with van der Waals surface area (Å²) in [6.45, 7) is 3.90. The highest BCUT2D eigenvalue weighted by atomic mass is 79.9. The van der Waals surface area contributed by atoms with Gasteiger partial charge in [0.15, 0.2) is 0 Å². The van der Waals surface area contributed by atoms with E-state index in [-0.39, 0.29) is 11.1 Å². The van der Waals surface area contributed by atoms with Gasteiger partial charge in [-0.1, -0.05) is 22.0 Å². The van der Waals surface area contributed by atoms with Crippen LogP contribution in [0.2, 0.25) is 0 Å². The van der Waals surface area contributed by atoms with Gasteiger partial charge in [-0.3, -0.25) is 14.5 Å². The van der Waals surface area contributed by atoms with Gasteiger partial charge >= 0.3 is 6.18 Å². The quantitative estimate of drug-likeness (QED) is 0.397. The van der Waals surface area contributed by atoms with Gasteiger partial charge in [0.2, 0.25) is 0 Å². The van der Waals surface area contributed by atoms with E-state index in [1.807, 2.05) is 18.2 Å². The van der Waals surface area contributed by atoms with Crippen LogP contribution in [0.4, 0.5) is 18.9 Å². The molecular weight excluding hydrogens is 487 g/mol. The molecule has 0 atom stereocenters. The van der Waals surface area contributed by atoms with E-state index < -0.39 is 17.8 Å². The number of amides is 1. The lowest BCUT2D eigenvalue weighted by molar-refractivity contribution is -0.140. The highest BCUT2D eigenvalue weighted by Crippen LogP contribution is 2.32. The van der Waals surface area contributed by atoms with Crippen LogP contribution in [-0.2, 0) is 12.7 Å². The molecule has 0 radical (unpaired) electrons. The summed E-state index contributed by atoms with van der Waals surface area (Å²) in [6.07, 6.45) is -3.01. The zero-order valence-electron chi connectivity index (χ0n) is 17.0. The maximum absolute atomic E-state index is 13.4. The third-order valence-corrected chi connectivity index (χ3v) is 5.46. The summed E-state index contributed by atoms with van der Waals surface area (Å²) >= 11 is 3.30. The SMILES string of the molecule is Cc1nn(Cc2ccccn2)c(C)c1NC(=O)c1cc(C(F)(F)F)nc2ccc(Br)cc12. The van der Waals surface area contributed by atoms with Gasteiger partial charge in [0.25, 0.3) is 5.91 Å². The number of aryl methyl sites for hydroxylation is 1. The number of alkyl halides is 3. The molecule has 4 rings (SSSR count). The van der Waals surface area contributed by atoms with Gasteiger partial charge in [0.1, 0.15) is 5.69 Å². The largest absolute Gasteiger partial charge is 0.433 e. The number of hydrogen-bond acceptors (Lipinski definition) is 4. The lowest BCUT2D eigenvalue weighted by Gasteiger charge is -2.13. The van der Waals surface area contributed by atoms with Crippen molar-refractivity contribution >= 4 is 38.4 Å². The molecule has 0 fully saturated rings. The Morgan fingerprint density at radius 3 is 2.62 bits per heavy atom. The molecule has 0 aliphatic rings. The first-order valence-electron chi connectivity index (χ1n) is 9.56. The fraction of sp³-hybridized carbons (Fsp3) is 0.182. The second-order valence-electron chi connectivity index (χ2n) is 7.19. The van der Waals surface area contributed by atoms with Crippen LogP contribution < -0.4 is 5.32 Å². The van der Waals surface area contributed by atoms with E-state index in [4.69, 9.17) is 0 Å². The Kier molecular flexibility index (Phi) is 5.72. The second-order valence-corrected chi connectivity index (χ2v) is 8.11. The van der Waals surface area contributed by atoms with Crippen LogP contribution in [0.25, 0.3) is 10.9 Å². The minimum atomic E-state index is -4.68. The Bertz CT molecular complexity index is 1320. The molecule has 6 nitrogen and oxygen atoms in total. The molecule has 0 unspecified atom stereocenters. The van der Waals surface area contributed by atoms with E-state index in [0.29, 0.717) is 33.5 Å². The zero-order valence-corrected chi connectivity index (χ0v) is 18.6. The molecule has 1 N–H and O–H groups in total. The molecule has 164 valence electrons. The van der Waals surface area contributed by atoms with Gasteiger partial charge in [-0.15, -0.1) is 0 Å². The summed E-state index contributed by atoms with van der Waals surface area (Å²) in [5.74, 6) is -0.676. The summed E-state index contributed by atoms with van der Waals surface area (Å²) < 4.78 is 42.5. The van der Waals surface area contributed by atoms with E-state index in [1.165, 1.54) is 6.07 Å². The predicted molar refractivity (Wildman–Crippen MR) is 117 cm³/mol. The first-order chi connectivity index (χ1) is 15.1. The molecule has 0 aliphatic heterocycles. The van der Waals surface area contributed by atoms with Crippen molar-refractivity contribution in [1.29, 1.82) is 0 Å². The number of nitrogens with one attached hydrogen (secondary N) is 1. The molecule has 0 aliphatic carbocycles. The average molecular weight is 504 g/mol. The van der Waals surface area contributed by atoms with Gasteiger partial charge in [0.05, 0.1) is 40.4 Å². The summed E-state index contributed by atoms with van der Waals surface area (Å²) in [5, 5.41) is 7.49. The minimum Gasteiger partial charge on any atom is -0.319 e. The topological polar surface area (TPSA) is 72.7 Å². The minimum absolute atomic E-state index is 0.0764. The maximum Gasteiger partial charge on any atom is 0.433 e. The lowest BCUT2D eigenvalue weighted by atomic mass is 10.1. The summed E-state index contributed by atoms with van der Waals surface area (Å²) in [7, 11) is 0. The Labute approximate surface area is 189 Å². The predicted octanol–water partition coefficient (Wildman–Crippen LogP) is 5.53. The number of halogens is 4. The van der Waals surface area contributed by atoms with E-state index in [2.05, 4.69) is 36.3 Å². The standard InChI is InChI=1S/C22H17BrF3N5O/c1-12-20(13(2)31(30-12)11-15-5-3-4-8-27-15)29-21(32)17-10-19(22(24,25)26)28-18-7-6-14(23)9-16(17)18/h3-10H,11H2,1-2H3,(H,29,32). The molecule has 3 aromatic heterocycles. The number of aromatic nitrogens is 4. The summed E-state index contributed by atoms with van der Waals surface area (Å²) in [5.41, 5.74) is 1.26. The Balaban J connectivity index is 1.72. The van der Waals surface area contributed by atoms with Gasteiger partial charge in [0, 0.05) is 16.1 Å². The van der Waals surface area contributed by atoms with Crippen LogP contribution in [0, 0.1) is 13.8 Å². The molecule has 32 heavy (non-hydrogen) atoms. The molecule has 3 heterocycles. The van der Waals surface area contributed by atoms with Crippen molar-refractivity contribution in [3.8, 4) is 0 Å². The Morgan fingerprint density at radius 2 is 1.94 bits per heavy atom. The van der Waals surface area contributed by atoms with E-state index in [1.54, 1.807) is 36.9 Å². The van der Waals surface area contributed by atoms with Crippen LogP contribution in [0.1, 0.15) is 33.1 Å². The van der Waals surface area contributed by atoms with Gasteiger partial charge in [-0.05, 0) is 50.2 Å². The number of benzene rings is 1. The molecule has 0 saturated heterocycles. The molecule has 4 aromatic rings. The van der Waals surface area contributed by atoms with Crippen LogP contribution >= 0.6 is 15.9 Å². The van der Waals surface area contributed by atoms with Crippen LogP contribution in [0.15, 0.2) is 53.1 Å². The molecule has 0 saturated carbocycles. The molecule has 1 amide bonds. The number of anilines is 1. The van der Waals surface area contributed by atoms with Gasteiger partial charge < -0.3 is 5.32 Å². The van der Waals surface area contributed by atoms with Crippen LogP contribution in [0.5, 0.6) is 0 Å². The van der Waals surface area contributed by atoms with E-state index >= 15 is 0 Å². The van der Waals surface area contributed by atoms with Gasteiger partial charge in [-0.2, -0.15) is 18.3 Å². The first kappa shape index (κ1) is 21.9. The van der Waals surface area contributed by atoms with Crippen molar-refractivity contribution in [1.82, 2.24) is 19.7 Å². The highest BCUT2D eigenvalue weighted by molar-refractivity contribution is 9.10. The fourth-order valence-corrected chi connectivity index (χ4v) is 3.75. The van der Waals surface area contributed by atoms with E-state index in [0.717, 1.165) is 11.8 Å². The number of pyridine rings is 2. The first-order valence-corrected chi connectivity index (χ1v) is 10.4. The van der Waals surface area contributed by atoms with Gasteiger partial charge in [-0.25, -0.2) is 4.98 Å². The maximum atomic E-state index is 13.4. The number of carbonyl (C=O) groups excluding carboxylic acids is 1. The molecule has 0 spiro atoms. The van der Waals surface area contributed by atoms with Crippen molar-refractivity contribution in [3.05, 3.63) is 81.5 Å². The number of nitrogens with zero attached hydrogens (tertiary/aromatic N) is 4. The third kappa shape index (κ3) is 4.36. The number of hydrogen-bond donors (Lipinski definition) is 1. The van der Waals surface area contributed by atoms with Crippen LogP contribution in [0.3, 0.4) is 0 Å².